The largest absolute Gasteiger partial charge is 0.461 e. The predicted molar refractivity (Wildman–Crippen MR) is 134 cm³/mol. The maximum atomic E-state index is 13.5. The second kappa shape index (κ2) is 10.2. The molecule has 0 aliphatic rings. The van der Waals surface area contributed by atoms with Crippen LogP contribution in [0, 0.1) is 12.7 Å². The zero-order valence-electron chi connectivity index (χ0n) is 18.6. The van der Waals surface area contributed by atoms with Crippen LogP contribution in [0.4, 0.5) is 9.52 Å². The SMILES string of the molecule is Cc1cccc(Cc2cnc(NC(=O)CSc3nnc(-c4ccco4)n3-c3ccc(F)cc3)s2)c1. The number of aryl methyl sites for hydroxylation is 1. The number of anilines is 1. The third kappa shape index (κ3) is 5.50. The molecule has 1 amide bonds. The molecule has 176 valence electrons. The van der Waals surface area contributed by atoms with E-state index in [1.54, 1.807) is 41.3 Å². The molecular weight excluding hydrogens is 485 g/mol. The first-order valence-corrected chi connectivity index (χ1v) is 12.5. The van der Waals surface area contributed by atoms with E-state index >= 15 is 0 Å². The van der Waals surface area contributed by atoms with Crippen LogP contribution in [-0.2, 0) is 11.2 Å². The number of nitrogens with one attached hydrogen (secondary N) is 1. The lowest BCUT2D eigenvalue weighted by atomic mass is 10.1. The number of rotatable bonds is 8. The molecule has 0 fully saturated rings. The van der Waals surface area contributed by atoms with Crippen LogP contribution in [0.2, 0.25) is 0 Å². The summed E-state index contributed by atoms with van der Waals surface area (Å²) in [4.78, 5) is 18.0. The normalized spacial score (nSPS) is 11.0. The second-order valence-electron chi connectivity index (χ2n) is 7.73. The van der Waals surface area contributed by atoms with Crippen LogP contribution >= 0.6 is 23.1 Å². The van der Waals surface area contributed by atoms with Crippen molar-refractivity contribution in [2.75, 3.05) is 11.1 Å². The molecule has 0 unspecified atom stereocenters. The lowest BCUT2D eigenvalue weighted by molar-refractivity contribution is -0.113. The summed E-state index contributed by atoms with van der Waals surface area (Å²) in [7, 11) is 0. The Kier molecular flexibility index (Phi) is 6.73. The lowest BCUT2D eigenvalue weighted by Gasteiger charge is -2.09. The van der Waals surface area contributed by atoms with Crippen molar-refractivity contribution < 1.29 is 13.6 Å². The molecule has 0 aliphatic heterocycles. The topological polar surface area (TPSA) is 85.8 Å². The van der Waals surface area contributed by atoms with E-state index in [2.05, 4.69) is 45.6 Å². The average Bonchev–Trinajstić information content (AvgIpc) is 3.60. The molecule has 2 aromatic carbocycles. The van der Waals surface area contributed by atoms with E-state index in [1.807, 2.05) is 6.07 Å². The summed E-state index contributed by atoms with van der Waals surface area (Å²) in [5.41, 5.74) is 3.07. The minimum absolute atomic E-state index is 0.101. The highest BCUT2D eigenvalue weighted by molar-refractivity contribution is 7.99. The van der Waals surface area contributed by atoms with Gasteiger partial charge in [-0.05, 0) is 48.9 Å². The minimum Gasteiger partial charge on any atom is -0.461 e. The number of nitrogens with zero attached hydrogens (tertiary/aromatic N) is 4. The van der Waals surface area contributed by atoms with E-state index in [0.717, 1.165) is 11.3 Å². The van der Waals surface area contributed by atoms with Gasteiger partial charge in [-0.25, -0.2) is 9.37 Å². The molecule has 7 nitrogen and oxygen atoms in total. The van der Waals surface area contributed by atoms with Crippen molar-refractivity contribution in [3.63, 3.8) is 0 Å². The number of hydrogen-bond acceptors (Lipinski definition) is 7. The van der Waals surface area contributed by atoms with E-state index in [9.17, 15) is 9.18 Å². The third-order valence-corrected chi connectivity index (χ3v) is 6.89. The Morgan fingerprint density at radius 3 is 2.77 bits per heavy atom. The number of carbonyl (C=O) groups excluding carboxylic acids is 1. The predicted octanol–water partition coefficient (Wildman–Crippen LogP) is 5.75. The lowest BCUT2D eigenvalue weighted by Crippen LogP contribution is -2.14. The highest BCUT2D eigenvalue weighted by Gasteiger charge is 2.19. The molecule has 5 rings (SSSR count). The number of benzene rings is 2. The zero-order chi connectivity index (χ0) is 24.2. The molecule has 0 saturated carbocycles. The van der Waals surface area contributed by atoms with Gasteiger partial charge >= 0.3 is 0 Å². The van der Waals surface area contributed by atoms with Crippen LogP contribution in [0.1, 0.15) is 16.0 Å². The van der Waals surface area contributed by atoms with Crippen molar-refractivity contribution in [3.8, 4) is 17.3 Å². The monoisotopic (exact) mass is 505 g/mol. The minimum atomic E-state index is -0.347. The van der Waals surface area contributed by atoms with Gasteiger partial charge in [0.15, 0.2) is 16.0 Å². The van der Waals surface area contributed by atoms with Crippen LogP contribution < -0.4 is 5.32 Å². The number of halogens is 1. The van der Waals surface area contributed by atoms with E-state index in [1.165, 1.54) is 46.4 Å². The Morgan fingerprint density at radius 1 is 1.14 bits per heavy atom. The number of amides is 1. The van der Waals surface area contributed by atoms with Gasteiger partial charge in [-0.1, -0.05) is 41.6 Å². The van der Waals surface area contributed by atoms with Crippen LogP contribution in [0.3, 0.4) is 0 Å². The summed E-state index contributed by atoms with van der Waals surface area (Å²) in [6.45, 7) is 2.06. The number of aromatic nitrogens is 4. The van der Waals surface area contributed by atoms with Gasteiger partial charge in [-0.3, -0.25) is 9.36 Å². The van der Waals surface area contributed by atoms with Crippen molar-refractivity contribution >= 4 is 34.1 Å². The van der Waals surface area contributed by atoms with Gasteiger partial charge in [0.1, 0.15) is 5.82 Å². The first-order valence-electron chi connectivity index (χ1n) is 10.7. The van der Waals surface area contributed by atoms with E-state index in [4.69, 9.17) is 4.42 Å². The van der Waals surface area contributed by atoms with E-state index < -0.39 is 0 Å². The van der Waals surface area contributed by atoms with Crippen molar-refractivity contribution in [3.05, 3.63) is 94.9 Å². The molecule has 0 saturated heterocycles. The standard InChI is InChI=1S/C25H20FN5O2S2/c1-16-4-2-5-17(12-16)13-20-14-27-24(35-20)28-22(32)15-34-25-30-29-23(21-6-3-11-33-21)31(25)19-9-7-18(26)8-10-19/h2-12,14H,13,15H2,1H3,(H,27,28,32). The van der Waals surface area contributed by atoms with Crippen LogP contribution in [0.5, 0.6) is 0 Å². The molecule has 3 heterocycles. The summed E-state index contributed by atoms with van der Waals surface area (Å²) in [5, 5.41) is 12.4. The molecule has 5 aromatic rings. The molecular formula is C25H20FN5O2S2. The van der Waals surface area contributed by atoms with Crippen molar-refractivity contribution in [1.82, 2.24) is 19.7 Å². The van der Waals surface area contributed by atoms with Crippen LogP contribution in [0.25, 0.3) is 17.3 Å². The molecule has 3 aromatic heterocycles. The van der Waals surface area contributed by atoms with E-state index in [0.29, 0.717) is 27.6 Å². The van der Waals surface area contributed by atoms with Gasteiger partial charge in [0.2, 0.25) is 11.7 Å². The molecule has 1 N–H and O–H groups in total. The van der Waals surface area contributed by atoms with Gasteiger partial charge in [0.25, 0.3) is 0 Å². The summed E-state index contributed by atoms with van der Waals surface area (Å²) >= 11 is 2.68. The summed E-state index contributed by atoms with van der Waals surface area (Å²) in [6.07, 6.45) is 4.09. The van der Waals surface area contributed by atoms with Gasteiger partial charge in [-0.15, -0.1) is 21.5 Å². The van der Waals surface area contributed by atoms with Gasteiger partial charge in [-0.2, -0.15) is 0 Å². The first-order chi connectivity index (χ1) is 17.0. The molecule has 0 radical (unpaired) electrons. The first kappa shape index (κ1) is 23.0. The van der Waals surface area contributed by atoms with E-state index in [-0.39, 0.29) is 17.5 Å². The Bertz CT molecular complexity index is 1450. The van der Waals surface area contributed by atoms with Gasteiger partial charge in [0.05, 0.1) is 17.7 Å². The number of carbonyl (C=O) groups is 1. The highest BCUT2D eigenvalue weighted by Crippen LogP contribution is 2.29. The molecule has 0 aliphatic carbocycles. The fraction of sp³-hybridized carbons (Fsp3) is 0.120. The molecule has 10 heteroatoms. The maximum Gasteiger partial charge on any atom is 0.236 e. The molecule has 0 atom stereocenters. The molecule has 0 spiro atoms. The number of thioether (sulfide) groups is 1. The number of furan rings is 1. The maximum absolute atomic E-state index is 13.5. The zero-order valence-corrected chi connectivity index (χ0v) is 20.3. The second-order valence-corrected chi connectivity index (χ2v) is 9.79. The van der Waals surface area contributed by atoms with Gasteiger partial charge in [0, 0.05) is 17.5 Å². The quantitative estimate of drug-likeness (QED) is 0.270. The van der Waals surface area contributed by atoms with Crippen molar-refractivity contribution in [2.45, 2.75) is 18.5 Å². The van der Waals surface area contributed by atoms with Crippen molar-refractivity contribution in [2.24, 2.45) is 0 Å². The molecule has 35 heavy (non-hydrogen) atoms. The summed E-state index contributed by atoms with van der Waals surface area (Å²) < 4.78 is 20.7. The Labute approximate surface area is 209 Å². The fourth-order valence-corrected chi connectivity index (χ4v) is 5.12. The van der Waals surface area contributed by atoms with Gasteiger partial charge < -0.3 is 9.73 Å². The average molecular weight is 506 g/mol. The Hall–Kier alpha value is -3.76. The van der Waals surface area contributed by atoms with Crippen LogP contribution in [0.15, 0.2) is 82.7 Å². The third-order valence-electron chi connectivity index (χ3n) is 5.05. The number of thiazole rings is 1. The molecule has 0 bridgehead atoms. The van der Waals surface area contributed by atoms with Crippen LogP contribution in [-0.4, -0.2) is 31.4 Å². The van der Waals surface area contributed by atoms with Crippen molar-refractivity contribution in [1.29, 1.82) is 0 Å². The number of hydrogen-bond donors (Lipinski definition) is 1. The highest BCUT2D eigenvalue weighted by atomic mass is 32.2. The fourth-order valence-electron chi connectivity index (χ4n) is 3.51. The summed E-state index contributed by atoms with van der Waals surface area (Å²) in [6, 6.07) is 17.8. The summed E-state index contributed by atoms with van der Waals surface area (Å²) in [5.74, 6) is 0.525. The smallest absolute Gasteiger partial charge is 0.236 e. The Balaban J connectivity index is 1.27. The Morgan fingerprint density at radius 2 is 2.00 bits per heavy atom.